The number of nitrogens with one attached hydrogen (secondary N) is 2. The maximum Gasteiger partial charge on any atom is 0.324 e. The van der Waals surface area contributed by atoms with Gasteiger partial charge < -0.3 is 9.47 Å². The molecule has 16 fully saturated rings. The third-order valence-corrected chi connectivity index (χ3v) is 23.0. The number of halogens is 2. The van der Waals surface area contributed by atoms with Gasteiger partial charge in [0.2, 0.25) is 23.6 Å². The lowest BCUT2D eigenvalue weighted by Crippen LogP contribution is -2.62. The van der Waals surface area contributed by atoms with E-state index in [9.17, 15) is 0 Å². The molecule has 0 spiro atoms. The van der Waals surface area contributed by atoms with E-state index in [-0.39, 0.29) is 59.4 Å². The fourth-order valence-corrected chi connectivity index (χ4v) is 19.0. The van der Waals surface area contributed by atoms with Crippen molar-refractivity contribution in [1.82, 2.24) is 40.2 Å². The van der Waals surface area contributed by atoms with Gasteiger partial charge in [-0.1, -0.05) is 96.0 Å². The number of piperidine rings is 6. The number of nitrogens with zero attached hydrogens (tertiary/aromatic N) is 6. The number of amides is 4. The molecule has 4 amide bonds. The molecule has 18 atom stereocenters. The Morgan fingerprint density at radius 2 is 0.881 bits per heavy atom. The maximum absolute atomic E-state index is 15.9. The van der Waals surface area contributed by atoms with Crippen LogP contribution in [0.1, 0.15) is 85.8 Å². The van der Waals surface area contributed by atoms with E-state index >= 15 is 28.8 Å². The molecule has 428 valence electrons. The number of benzene rings is 4. The molecule has 6 aromatic rings. The Morgan fingerprint density at radius 3 is 1.27 bits per heavy atom. The van der Waals surface area contributed by atoms with Crippen molar-refractivity contribution in [2.45, 2.75) is 111 Å². The highest BCUT2D eigenvalue weighted by molar-refractivity contribution is 6.32. The Labute approximate surface area is 494 Å². The molecule has 12 bridgehead atoms. The van der Waals surface area contributed by atoms with Gasteiger partial charge in [-0.15, -0.1) is 0 Å². The Kier molecular flexibility index (Phi) is 11.7. The first kappa shape index (κ1) is 51.7. The molecule has 16 heterocycles. The van der Waals surface area contributed by atoms with Crippen LogP contribution < -0.4 is 10.6 Å². The second kappa shape index (κ2) is 18.9. The standard InChI is InChI=1S/C66H62Cl2N8O8/c67-43-13-5-3-11-41(43)65(21-22-65)75-59(77)49-51(61(75)79)55-63(81)83-57(37-17-25-69-45-15-7-1-9-35(37)45)47-29-33-19-27-73(47)31-39(33)53-50-52(62(80)76(60(50)78)66(23-24-66)42-12-4-6-14-44(42)68)56(72-53)64(82)84-58(38-18-26-70-46-16-8-2-10-36(38)46)48-30-34-20-28-74(48)32-40(34)54(49)71-55/h1-18,25-26,33-34,39-40,47-58,71-72H,19-24,27-32H2/t33-,34-,39-,40-,47+,48+,49+,50+,51-,52-,53+,54+,55+,56+,57-,58-/m0/s1. The molecule has 18 heteroatoms. The molecule has 0 radical (unpaired) electrons. The lowest BCUT2D eigenvalue weighted by atomic mass is 9.68. The second-order valence-electron chi connectivity index (χ2n) is 26.1. The average Bonchev–Trinajstić information content (AvgIpc) is 2.01. The van der Waals surface area contributed by atoms with Crippen molar-refractivity contribution in [3.05, 3.63) is 154 Å². The molecule has 22 rings (SSSR count). The quantitative estimate of drug-likeness (QED) is 0.122. The van der Waals surface area contributed by atoms with Gasteiger partial charge in [-0.3, -0.25) is 69.0 Å². The normalized spacial score (nSPS) is 37.7. The fourth-order valence-electron chi connectivity index (χ4n) is 18.4. The first-order valence-corrected chi connectivity index (χ1v) is 31.0. The predicted molar refractivity (Wildman–Crippen MR) is 308 cm³/mol. The summed E-state index contributed by atoms with van der Waals surface area (Å²) < 4.78 is 14.2. The van der Waals surface area contributed by atoms with Crippen LogP contribution in [0.3, 0.4) is 0 Å². The summed E-state index contributed by atoms with van der Waals surface area (Å²) in [7, 11) is 0. The topological polar surface area (TPSA) is 184 Å². The van der Waals surface area contributed by atoms with Crippen LogP contribution in [0.4, 0.5) is 0 Å². The number of fused-ring (bicyclic) bond motifs is 6. The van der Waals surface area contributed by atoms with Crippen LogP contribution in [0.25, 0.3) is 21.8 Å². The number of pyridine rings is 2. The number of ether oxygens (including phenoxy) is 2. The molecular formula is C66H62Cl2N8O8. The van der Waals surface area contributed by atoms with E-state index in [1.54, 1.807) is 24.5 Å². The number of aromatic nitrogens is 2. The smallest absolute Gasteiger partial charge is 0.324 e. The van der Waals surface area contributed by atoms with Crippen molar-refractivity contribution in [3.8, 4) is 0 Å². The number of hydrogen-bond donors (Lipinski definition) is 2. The monoisotopic (exact) mass is 1160 g/mol. The number of esters is 2. The molecule has 14 aliphatic heterocycles. The van der Waals surface area contributed by atoms with Crippen LogP contribution in [-0.2, 0) is 49.3 Å². The zero-order valence-corrected chi connectivity index (χ0v) is 47.5. The molecular weight excluding hydrogens is 1100 g/mol. The Morgan fingerprint density at radius 1 is 0.488 bits per heavy atom. The Bertz CT molecular complexity index is 3580. The van der Waals surface area contributed by atoms with Crippen LogP contribution in [0.15, 0.2) is 122 Å². The molecule has 2 N–H and O–H groups in total. The third-order valence-electron chi connectivity index (χ3n) is 22.4. The summed E-state index contributed by atoms with van der Waals surface area (Å²) in [6.07, 6.45) is 6.74. The predicted octanol–water partition coefficient (Wildman–Crippen LogP) is 7.65. The largest absolute Gasteiger partial charge is 0.455 e. The molecule has 14 saturated heterocycles. The van der Waals surface area contributed by atoms with Gasteiger partial charge in [-0.05, 0) is 136 Å². The minimum atomic E-state index is -1.15. The van der Waals surface area contributed by atoms with E-state index < -0.39 is 83.1 Å². The van der Waals surface area contributed by atoms with Crippen LogP contribution in [0.2, 0.25) is 10.0 Å². The van der Waals surface area contributed by atoms with Gasteiger partial charge in [-0.25, -0.2) is 0 Å². The highest BCUT2D eigenvalue weighted by Gasteiger charge is 2.72. The highest BCUT2D eigenvalue weighted by Crippen LogP contribution is 2.61. The van der Waals surface area contributed by atoms with E-state index in [1.807, 2.05) is 97.1 Å². The van der Waals surface area contributed by atoms with Crippen molar-refractivity contribution in [2.24, 2.45) is 47.3 Å². The lowest BCUT2D eigenvalue weighted by molar-refractivity contribution is -0.165. The van der Waals surface area contributed by atoms with E-state index in [2.05, 4.69) is 20.4 Å². The maximum atomic E-state index is 15.9. The summed E-state index contributed by atoms with van der Waals surface area (Å²) in [6.45, 7) is 2.32. The van der Waals surface area contributed by atoms with Gasteiger partial charge in [0.1, 0.15) is 24.3 Å². The van der Waals surface area contributed by atoms with Crippen molar-refractivity contribution in [3.63, 3.8) is 0 Å². The van der Waals surface area contributed by atoms with E-state index in [0.29, 0.717) is 74.7 Å². The van der Waals surface area contributed by atoms with Gasteiger partial charge in [0.25, 0.3) is 0 Å². The van der Waals surface area contributed by atoms with E-state index in [1.165, 1.54) is 9.80 Å². The number of carbonyl (C=O) groups excluding carboxylic acids is 6. The molecule has 2 saturated carbocycles. The average molecular weight is 1170 g/mol. The Hall–Kier alpha value is -6.66. The van der Waals surface area contributed by atoms with Gasteiger partial charge >= 0.3 is 11.9 Å². The first-order valence-electron chi connectivity index (χ1n) is 30.3. The van der Waals surface area contributed by atoms with Crippen molar-refractivity contribution in [1.29, 1.82) is 0 Å². The van der Waals surface area contributed by atoms with E-state index in [0.717, 1.165) is 56.9 Å². The molecule has 2 aliphatic carbocycles. The van der Waals surface area contributed by atoms with Crippen LogP contribution in [0.5, 0.6) is 0 Å². The van der Waals surface area contributed by atoms with Gasteiger partial charge in [0.05, 0.1) is 57.9 Å². The first-order chi connectivity index (χ1) is 40.9. The van der Waals surface area contributed by atoms with Crippen LogP contribution >= 0.6 is 23.2 Å². The molecule has 16 aliphatic rings. The number of rotatable bonds is 6. The van der Waals surface area contributed by atoms with Gasteiger partial charge in [-0.2, -0.15) is 0 Å². The Balaban J connectivity index is 0.807. The zero-order valence-electron chi connectivity index (χ0n) is 46.0. The number of imide groups is 2. The summed E-state index contributed by atoms with van der Waals surface area (Å²) in [5.74, 6) is -6.79. The SMILES string of the molecule is O=C1O[C@@H](c2ccnc3ccccc23)[C@H]2C[C@@H]3CCN2C[C@@H]3[C@H]2N[C@@H](C(=O)O[C@@H](c3ccnc4ccccc34)[C@H]3C[C@@H]4CCN3C[C@@H]4[C@H]3N[C@@H]1[C@H]1C(=O)N(C4(c5ccccc5Cl)CC4)C(=O)[C@@H]31)[C@H]1C(=O)N(C3(c4ccccc4Cl)CC3)C(=O)[C@@H]21. The highest BCUT2D eigenvalue weighted by atomic mass is 35.5. The summed E-state index contributed by atoms with van der Waals surface area (Å²) in [5.41, 5.74) is 2.65. The minimum absolute atomic E-state index is 0.0289. The number of hydrogen-bond acceptors (Lipinski definition) is 14. The second-order valence-corrected chi connectivity index (χ2v) is 26.9. The molecule has 4 aromatic carbocycles. The fraction of sp³-hybridized carbons (Fsp3) is 0.455. The molecule has 2 aromatic heterocycles. The molecule has 84 heavy (non-hydrogen) atoms. The van der Waals surface area contributed by atoms with Crippen molar-refractivity contribution >= 4 is 80.6 Å². The molecule has 16 nitrogen and oxygen atoms in total. The van der Waals surface area contributed by atoms with Crippen LogP contribution in [0, 0.1) is 47.3 Å². The van der Waals surface area contributed by atoms with Crippen molar-refractivity contribution in [2.75, 3.05) is 26.2 Å². The molecule has 2 unspecified atom stereocenters. The number of likely N-dealkylation sites (tertiary alicyclic amines) is 2. The van der Waals surface area contributed by atoms with Gasteiger partial charge in [0.15, 0.2) is 0 Å². The van der Waals surface area contributed by atoms with Crippen LogP contribution in [-0.4, -0.2) is 128 Å². The van der Waals surface area contributed by atoms with Gasteiger partial charge in [0, 0.05) is 69.5 Å². The summed E-state index contributed by atoms with van der Waals surface area (Å²) in [5, 5.41) is 10.1. The van der Waals surface area contributed by atoms with Crippen molar-refractivity contribution < 1.29 is 38.2 Å². The number of para-hydroxylation sites is 2. The summed E-state index contributed by atoms with van der Waals surface area (Å²) >= 11 is 13.9. The minimum Gasteiger partial charge on any atom is -0.455 e. The zero-order chi connectivity index (χ0) is 56.7. The summed E-state index contributed by atoms with van der Waals surface area (Å²) in [4.78, 5) is 111. The third kappa shape index (κ3) is 7.39. The lowest BCUT2D eigenvalue weighted by Gasteiger charge is -2.54. The summed E-state index contributed by atoms with van der Waals surface area (Å²) in [6, 6.07) is 30.2. The van der Waals surface area contributed by atoms with E-state index in [4.69, 9.17) is 42.6 Å². The number of carbonyl (C=O) groups is 6.